The maximum absolute atomic E-state index is 14.0. The van der Waals surface area contributed by atoms with Crippen molar-refractivity contribution >= 4 is 17.8 Å². The van der Waals surface area contributed by atoms with Crippen LogP contribution in [0.3, 0.4) is 0 Å². The van der Waals surface area contributed by atoms with E-state index in [9.17, 15) is 9.59 Å². The summed E-state index contributed by atoms with van der Waals surface area (Å²) in [7, 11) is 0. The zero-order valence-electron chi connectivity index (χ0n) is 20.7. The third kappa shape index (κ3) is 4.06. The van der Waals surface area contributed by atoms with E-state index in [1.54, 1.807) is 23.2 Å². The van der Waals surface area contributed by atoms with Gasteiger partial charge in [-0.15, -0.1) is 0 Å². The van der Waals surface area contributed by atoms with Crippen molar-refractivity contribution in [2.24, 2.45) is 0 Å². The number of aromatic nitrogens is 3. The third-order valence-corrected chi connectivity index (χ3v) is 6.98. The average Bonchev–Trinajstić information content (AvgIpc) is 3.52. The van der Waals surface area contributed by atoms with Gasteiger partial charge < -0.3 is 10.2 Å². The lowest BCUT2D eigenvalue weighted by molar-refractivity contribution is -0.130. The van der Waals surface area contributed by atoms with Gasteiger partial charge in [0, 0.05) is 30.1 Å². The Balaban J connectivity index is 1.26. The van der Waals surface area contributed by atoms with E-state index in [0.717, 1.165) is 16.7 Å². The number of hydrogen-bond donors (Lipinski definition) is 2. The van der Waals surface area contributed by atoms with Gasteiger partial charge in [0.2, 0.25) is 5.82 Å². The normalized spacial score (nSPS) is 15.6. The maximum atomic E-state index is 14.0. The Morgan fingerprint density at radius 1 is 1.03 bits per heavy atom. The maximum Gasteiger partial charge on any atom is 0.264 e. The summed E-state index contributed by atoms with van der Waals surface area (Å²) in [6.07, 6.45) is 3.11. The number of fused-ring (bicyclic) bond motifs is 1. The van der Waals surface area contributed by atoms with Gasteiger partial charge >= 0.3 is 0 Å². The molecule has 1 saturated heterocycles. The van der Waals surface area contributed by atoms with Gasteiger partial charge in [0.1, 0.15) is 6.07 Å². The molecule has 2 amide bonds. The largest absolute Gasteiger partial charge is 0.334 e. The summed E-state index contributed by atoms with van der Waals surface area (Å²) < 4.78 is 0. The summed E-state index contributed by atoms with van der Waals surface area (Å²) in [5, 5.41) is 20.9. The first kappa shape index (κ1) is 23.9. The van der Waals surface area contributed by atoms with Crippen LogP contribution in [0.1, 0.15) is 44.3 Å². The van der Waals surface area contributed by atoms with E-state index in [2.05, 4.69) is 20.3 Å². The van der Waals surface area contributed by atoms with Gasteiger partial charge in [0.05, 0.1) is 24.5 Å². The summed E-state index contributed by atoms with van der Waals surface area (Å²) >= 11 is 0. The van der Waals surface area contributed by atoms with Gasteiger partial charge in [-0.2, -0.15) is 5.26 Å². The first-order chi connectivity index (χ1) is 19.0. The summed E-state index contributed by atoms with van der Waals surface area (Å²) in [6.45, 7) is 0.636. The van der Waals surface area contributed by atoms with Gasteiger partial charge in [-0.05, 0) is 23.3 Å². The third-order valence-electron chi connectivity index (χ3n) is 6.98. The summed E-state index contributed by atoms with van der Waals surface area (Å²) in [4.78, 5) is 42.9. The SMILES string of the molecule is N#Cc1ncc2c(n1)CN(C(=O)c1ccnc(CN3C(=N)NC(c4ccccc4)(c4ccccc4)C3=O)c1)C2. The first-order valence-electron chi connectivity index (χ1n) is 12.3. The van der Waals surface area contributed by atoms with Crippen molar-refractivity contribution in [3.63, 3.8) is 0 Å². The highest BCUT2D eigenvalue weighted by molar-refractivity contribution is 6.10. The van der Waals surface area contributed by atoms with Crippen LogP contribution in [0.5, 0.6) is 0 Å². The van der Waals surface area contributed by atoms with Crippen molar-refractivity contribution in [2.75, 3.05) is 0 Å². The Morgan fingerprint density at radius 2 is 1.72 bits per heavy atom. The molecule has 2 aliphatic heterocycles. The number of nitrogens with one attached hydrogen (secondary N) is 2. The second-order valence-corrected chi connectivity index (χ2v) is 9.32. The summed E-state index contributed by atoms with van der Waals surface area (Å²) in [6, 6.07) is 23.9. The minimum Gasteiger partial charge on any atom is -0.334 e. The Kier molecular flexibility index (Phi) is 5.81. The van der Waals surface area contributed by atoms with Crippen LogP contribution >= 0.6 is 0 Å². The number of rotatable bonds is 5. The number of nitriles is 1. The molecule has 4 heterocycles. The number of guanidine groups is 1. The first-order valence-corrected chi connectivity index (χ1v) is 12.3. The highest BCUT2D eigenvalue weighted by atomic mass is 16.2. The van der Waals surface area contributed by atoms with Crippen LogP contribution in [0, 0.1) is 16.7 Å². The molecular formula is C29H22N8O2. The second-order valence-electron chi connectivity index (χ2n) is 9.32. The number of nitrogens with zero attached hydrogens (tertiary/aromatic N) is 6. The molecule has 2 aromatic carbocycles. The fraction of sp³-hybridized carbons (Fsp3) is 0.138. The minimum absolute atomic E-state index is 0.0183. The van der Waals surface area contributed by atoms with E-state index in [1.807, 2.05) is 66.7 Å². The van der Waals surface area contributed by atoms with Gasteiger partial charge in [-0.3, -0.25) is 24.9 Å². The lowest BCUT2D eigenvalue weighted by Gasteiger charge is -2.28. The standard InChI is InChI=1S/C29H22N8O2/c30-14-25-33-15-20-16-36(18-24(20)34-25)26(38)19-11-12-32-23(13-19)17-37-27(39)29(35-28(37)31,21-7-3-1-4-8-21)22-9-5-2-6-10-22/h1-13,15H,16-18H2,(H2,31,35). The predicted molar refractivity (Wildman–Crippen MR) is 140 cm³/mol. The predicted octanol–water partition coefficient (Wildman–Crippen LogP) is 2.71. The average molecular weight is 515 g/mol. The molecule has 0 atom stereocenters. The number of benzene rings is 2. The Hall–Kier alpha value is -5.43. The molecule has 0 bridgehead atoms. The molecule has 2 N–H and O–H groups in total. The lowest BCUT2D eigenvalue weighted by atomic mass is 9.82. The summed E-state index contributed by atoms with van der Waals surface area (Å²) in [5.74, 6) is -0.500. The molecule has 4 aromatic rings. The molecule has 10 heteroatoms. The van der Waals surface area contributed by atoms with Crippen molar-refractivity contribution in [1.29, 1.82) is 10.7 Å². The van der Waals surface area contributed by atoms with Crippen LogP contribution in [0.15, 0.2) is 85.2 Å². The smallest absolute Gasteiger partial charge is 0.264 e. The monoisotopic (exact) mass is 514 g/mol. The van der Waals surface area contributed by atoms with Crippen LogP contribution in [0.2, 0.25) is 0 Å². The quantitative estimate of drug-likeness (QED) is 0.417. The van der Waals surface area contributed by atoms with Crippen molar-refractivity contribution in [2.45, 2.75) is 25.2 Å². The van der Waals surface area contributed by atoms with Crippen molar-refractivity contribution in [1.82, 2.24) is 30.1 Å². The van der Waals surface area contributed by atoms with E-state index in [0.29, 0.717) is 23.5 Å². The molecule has 190 valence electrons. The fourth-order valence-corrected chi connectivity index (χ4v) is 5.08. The van der Waals surface area contributed by atoms with E-state index in [1.165, 1.54) is 11.1 Å². The Bertz CT molecular complexity index is 1610. The number of carbonyl (C=O) groups excluding carboxylic acids is 2. The molecule has 10 nitrogen and oxygen atoms in total. The van der Waals surface area contributed by atoms with Gasteiger partial charge in [0.25, 0.3) is 11.8 Å². The molecule has 2 aliphatic rings. The molecule has 0 aliphatic carbocycles. The van der Waals surface area contributed by atoms with Gasteiger partial charge in [0.15, 0.2) is 11.5 Å². The Morgan fingerprint density at radius 3 is 2.38 bits per heavy atom. The van der Waals surface area contributed by atoms with Gasteiger partial charge in [-0.1, -0.05) is 60.7 Å². The van der Waals surface area contributed by atoms with Gasteiger partial charge in [-0.25, -0.2) is 9.97 Å². The highest BCUT2D eigenvalue weighted by Gasteiger charge is 2.52. The molecular weight excluding hydrogens is 492 g/mol. The van der Waals surface area contributed by atoms with Crippen molar-refractivity contribution in [3.05, 3.63) is 125 Å². The molecule has 1 fully saturated rings. The molecule has 0 radical (unpaired) electrons. The van der Waals surface area contributed by atoms with E-state index < -0.39 is 5.54 Å². The van der Waals surface area contributed by atoms with Crippen LogP contribution < -0.4 is 5.32 Å². The highest BCUT2D eigenvalue weighted by Crippen LogP contribution is 2.36. The van der Waals surface area contributed by atoms with Crippen LogP contribution in [0.25, 0.3) is 0 Å². The lowest BCUT2D eigenvalue weighted by Crippen LogP contribution is -2.45. The van der Waals surface area contributed by atoms with Crippen molar-refractivity contribution < 1.29 is 9.59 Å². The molecule has 6 rings (SSSR count). The van der Waals surface area contributed by atoms with Crippen LogP contribution in [-0.4, -0.2) is 42.5 Å². The zero-order chi connectivity index (χ0) is 27.0. The second kappa shape index (κ2) is 9.46. The van der Waals surface area contributed by atoms with Crippen LogP contribution in [0.4, 0.5) is 0 Å². The molecule has 0 saturated carbocycles. The van der Waals surface area contributed by atoms with E-state index in [-0.39, 0.29) is 36.7 Å². The van der Waals surface area contributed by atoms with E-state index in [4.69, 9.17) is 10.7 Å². The number of hydrogen-bond acceptors (Lipinski definition) is 7. The fourth-order valence-electron chi connectivity index (χ4n) is 5.08. The number of amides is 2. The Labute approximate surface area is 224 Å². The molecule has 39 heavy (non-hydrogen) atoms. The zero-order valence-corrected chi connectivity index (χ0v) is 20.7. The number of carbonyl (C=O) groups is 2. The molecule has 0 unspecified atom stereocenters. The molecule has 0 spiro atoms. The minimum atomic E-state index is -1.25. The number of pyridine rings is 1. The topological polar surface area (TPSA) is 139 Å². The summed E-state index contributed by atoms with van der Waals surface area (Å²) in [5.41, 5.74) is 2.54. The van der Waals surface area contributed by atoms with E-state index >= 15 is 0 Å². The van der Waals surface area contributed by atoms with Crippen molar-refractivity contribution in [3.8, 4) is 6.07 Å². The van der Waals surface area contributed by atoms with Crippen LogP contribution in [-0.2, 0) is 30.0 Å². The molecule has 2 aromatic heterocycles.